The van der Waals surface area contributed by atoms with Gasteiger partial charge in [0.2, 0.25) is 0 Å². The van der Waals surface area contributed by atoms with Gasteiger partial charge >= 0.3 is 0 Å². The van der Waals surface area contributed by atoms with Crippen LogP contribution in [0.2, 0.25) is 5.02 Å². The van der Waals surface area contributed by atoms with E-state index in [9.17, 15) is 18.3 Å². The first-order valence-electron chi connectivity index (χ1n) is 5.65. The molecule has 6 heteroatoms. The fourth-order valence-corrected chi connectivity index (χ4v) is 2.31. The molecule has 0 radical (unpaired) electrons. The monoisotopic (exact) mass is 364 g/mol. The van der Waals surface area contributed by atoms with Gasteiger partial charge in [0.15, 0.2) is 11.6 Å². The van der Waals surface area contributed by atoms with Gasteiger partial charge in [-0.2, -0.15) is 0 Å². The lowest BCUT2D eigenvalue weighted by Crippen LogP contribution is -2.07. The summed E-state index contributed by atoms with van der Waals surface area (Å²) >= 11 is 8.88. The first-order chi connectivity index (χ1) is 9.40. The van der Waals surface area contributed by atoms with Crippen LogP contribution < -0.4 is 0 Å². The predicted octanol–water partition coefficient (Wildman–Crippen LogP) is 4.80. The van der Waals surface area contributed by atoms with Crippen LogP contribution in [-0.2, 0) is 6.42 Å². The Labute approximate surface area is 127 Å². The van der Waals surface area contributed by atoms with Crippen LogP contribution in [0.5, 0.6) is 0 Å². The molecule has 0 saturated carbocycles. The van der Waals surface area contributed by atoms with Crippen LogP contribution in [0.3, 0.4) is 0 Å². The van der Waals surface area contributed by atoms with E-state index >= 15 is 0 Å². The van der Waals surface area contributed by atoms with E-state index in [1.165, 1.54) is 18.2 Å². The Kier molecular flexibility index (Phi) is 4.73. The number of hydrogen-bond acceptors (Lipinski definition) is 1. The zero-order valence-electron chi connectivity index (χ0n) is 10.0. The third-order valence-corrected chi connectivity index (χ3v) is 4.04. The molecule has 2 rings (SSSR count). The lowest BCUT2D eigenvalue weighted by Gasteiger charge is -2.14. The number of rotatable bonds is 3. The highest BCUT2D eigenvalue weighted by Crippen LogP contribution is 2.30. The van der Waals surface area contributed by atoms with E-state index in [4.69, 9.17) is 11.6 Å². The van der Waals surface area contributed by atoms with E-state index in [0.717, 1.165) is 12.1 Å². The molecule has 20 heavy (non-hydrogen) atoms. The van der Waals surface area contributed by atoms with Crippen molar-refractivity contribution in [3.05, 3.63) is 68.4 Å². The molecule has 0 aliphatic carbocycles. The Morgan fingerprint density at radius 1 is 1.15 bits per heavy atom. The van der Waals surface area contributed by atoms with E-state index in [1.807, 2.05) is 0 Å². The highest BCUT2D eigenvalue weighted by atomic mass is 79.9. The normalized spacial score (nSPS) is 12.5. The standard InChI is InChI=1S/C14H9BrClF3O/c15-9-6-12(18)8(5-10(9)16)13(20)4-7-2-1-3-11(17)14(7)19/h1-3,5-6,13,20H,4H2. The third-order valence-electron chi connectivity index (χ3n) is 2.84. The lowest BCUT2D eigenvalue weighted by molar-refractivity contribution is 0.172. The van der Waals surface area contributed by atoms with Gasteiger partial charge in [-0.1, -0.05) is 23.7 Å². The van der Waals surface area contributed by atoms with Crippen LogP contribution in [0, 0.1) is 17.5 Å². The molecule has 0 saturated heterocycles. The molecule has 106 valence electrons. The van der Waals surface area contributed by atoms with Gasteiger partial charge in [-0.3, -0.25) is 0 Å². The maximum atomic E-state index is 13.7. The second-order valence-corrected chi connectivity index (χ2v) is 5.48. The Bertz CT molecular complexity index is 649. The molecule has 0 amide bonds. The number of benzene rings is 2. The number of hydrogen-bond donors (Lipinski definition) is 1. The molecule has 0 fully saturated rings. The van der Waals surface area contributed by atoms with Gasteiger partial charge in [0.25, 0.3) is 0 Å². The molecule has 0 spiro atoms. The van der Waals surface area contributed by atoms with Gasteiger partial charge in [0.05, 0.1) is 11.1 Å². The summed E-state index contributed by atoms with van der Waals surface area (Å²) in [6, 6.07) is 6.00. The van der Waals surface area contributed by atoms with Crippen molar-refractivity contribution in [2.24, 2.45) is 0 Å². The van der Waals surface area contributed by atoms with Gasteiger partial charge in [-0.15, -0.1) is 0 Å². The molecule has 0 heterocycles. The van der Waals surface area contributed by atoms with Crippen LogP contribution in [0.1, 0.15) is 17.2 Å². The average molecular weight is 366 g/mol. The van der Waals surface area contributed by atoms with Crippen molar-refractivity contribution in [3.63, 3.8) is 0 Å². The second-order valence-electron chi connectivity index (χ2n) is 4.22. The summed E-state index contributed by atoms with van der Waals surface area (Å²) in [5.74, 6) is -2.73. The first-order valence-corrected chi connectivity index (χ1v) is 6.82. The Hall–Kier alpha value is -1.04. The zero-order chi connectivity index (χ0) is 14.9. The molecule has 0 aliphatic heterocycles. The molecule has 0 aromatic heterocycles. The number of aliphatic hydroxyl groups excluding tert-OH is 1. The van der Waals surface area contributed by atoms with Crippen LogP contribution in [0.4, 0.5) is 13.2 Å². The highest BCUT2D eigenvalue weighted by Gasteiger charge is 2.18. The summed E-state index contributed by atoms with van der Waals surface area (Å²) in [7, 11) is 0. The van der Waals surface area contributed by atoms with Crippen LogP contribution in [0.15, 0.2) is 34.8 Å². The zero-order valence-corrected chi connectivity index (χ0v) is 12.4. The first kappa shape index (κ1) is 15.4. The van der Waals surface area contributed by atoms with E-state index in [1.54, 1.807) is 0 Å². The smallest absolute Gasteiger partial charge is 0.162 e. The molecular weight excluding hydrogens is 357 g/mol. The van der Waals surface area contributed by atoms with E-state index in [2.05, 4.69) is 15.9 Å². The van der Waals surface area contributed by atoms with Crippen molar-refractivity contribution in [1.82, 2.24) is 0 Å². The van der Waals surface area contributed by atoms with Crippen LogP contribution in [0.25, 0.3) is 0 Å². The predicted molar refractivity (Wildman–Crippen MR) is 74.1 cm³/mol. The van der Waals surface area contributed by atoms with Gasteiger partial charge in [0, 0.05) is 16.5 Å². The molecule has 1 unspecified atom stereocenters. The fraction of sp³-hybridized carbons (Fsp3) is 0.143. The van der Waals surface area contributed by atoms with Crippen molar-refractivity contribution in [2.75, 3.05) is 0 Å². The number of aliphatic hydroxyl groups is 1. The largest absolute Gasteiger partial charge is 0.388 e. The van der Waals surface area contributed by atoms with Crippen molar-refractivity contribution < 1.29 is 18.3 Å². The quantitative estimate of drug-likeness (QED) is 0.775. The Balaban J connectivity index is 2.31. The summed E-state index contributed by atoms with van der Waals surface area (Å²) in [5, 5.41) is 10.2. The minimum atomic E-state index is -1.32. The molecule has 1 N–H and O–H groups in total. The Morgan fingerprint density at radius 3 is 2.55 bits per heavy atom. The molecule has 0 aliphatic rings. The van der Waals surface area contributed by atoms with Gasteiger partial charge in [-0.25, -0.2) is 13.2 Å². The molecule has 2 aromatic carbocycles. The summed E-state index contributed by atoms with van der Waals surface area (Å²) in [5.41, 5.74) is -0.0993. The molecule has 1 atom stereocenters. The van der Waals surface area contributed by atoms with Crippen LogP contribution >= 0.6 is 27.5 Å². The van der Waals surface area contributed by atoms with Gasteiger partial charge < -0.3 is 5.11 Å². The average Bonchev–Trinajstić information content (AvgIpc) is 2.39. The maximum absolute atomic E-state index is 13.7. The molecular formula is C14H9BrClF3O. The summed E-state index contributed by atoms with van der Waals surface area (Å²) in [6.45, 7) is 0. The van der Waals surface area contributed by atoms with Crippen molar-refractivity contribution in [2.45, 2.75) is 12.5 Å². The van der Waals surface area contributed by atoms with Crippen molar-refractivity contribution >= 4 is 27.5 Å². The van der Waals surface area contributed by atoms with E-state index < -0.39 is 23.6 Å². The summed E-state index contributed by atoms with van der Waals surface area (Å²) in [6.07, 6.45) is -1.57. The van der Waals surface area contributed by atoms with Crippen LogP contribution in [-0.4, -0.2) is 5.11 Å². The minimum absolute atomic E-state index is 0.0315. The molecule has 0 bridgehead atoms. The lowest BCUT2D eigenvalue weighted by atomic mass is 10.0. The summed E-state index contributed by atoms with van der Waals surface area (Å²) < 4.78 is 40.7. The SMILES string of the molecule is OC(Cc1cccc(F)c1F)c1cc(Cl)c(Br)cc1F. The second kappa shape index (κ2) is 6.16. The third kappa shape index (κ3) is 3.16. The van der Waals surface area contributed by atoms with Crippen molar-refractivity contribution in [1.29, 1.82) is 0 Å². The minimum Gasteiger partial charge on any atom is -0.388 e. The summed E-state index contributed by atoms with van der Waals surface area (Å²) in [4.78, 5) is 0. The molecule has 1 nitrogen and oxygen atoms in total. The van der Waals surface area contributed by atoms with E-state index in [0.29, 0.717) is 4.47 Å². The Morgan fingerprint density at radius 2 is 1.85 bits per heavy atom. The van der Waals surface area contributed by atoms with E-state index in [-0.39, 0.29) is 22.6 Å². The highest BCUT2D eigenvalue weighted by molar-refractivity contribution is 9.10. The fourth-order valence-electron chi connectivity index (χ4n) is 1.82. The van der Waals surface area contributed by atoms with Crippen molar-refractivity contribution in [3.8, 4) is 0 Å². The molecule has 2 aromatic rings. The topological polar surface area (TPSA) is 20.2 Å². The van der Waals surface area contributed by atoms with Gasteiger partial charge in [-0.05, 0) is 39.7 Å². The maximum Gasteiger partial charge on any atom is 0.162 e. The number of halogens is 5. The van der Waals surface area contributed by atoms with Gasteiger partial charge in [0.1, 0.15) is 5.82 Å².